The van der Waals surface area contributed by atoms with Gasteiger partial charge in [-0.2, -0.15) is 0 Å². The zero-order valence-electron chi connectivity index (χ0n) is 13.2. The van der Waals surface area contributed by atoms with Gasteiger partial charge >= 0.3 is 0 Å². The molecule has 1 aliphatic heterocycles. The van der Waals surface area contributed by atoms with E-state index >= 15 is 0 Å². The molecule has 1 unspecified atom stereocenters. The molecule has 1 rings (SSSR count). The quantitative estimate of drug-likeness (QED) is 0.841. The summed E-state index contributed by atoms with van der Waals surface area (Å²) in [5, 5.41) is 0. The maximum atomic E-state index is 12.3. The van der Waals surface area contributed by atoms with Gasteiger partial charge in [0, 0.05) is 32.7 Å². The average molecular weight is 328 g/mol. The number of rotatable bonds is 5. The van der Waals surface area contributed by atoms with Crippen molar-refractivity contribution in [3.05, 3.63) is 0 Å². The van der Waals surface area contributed by atoms with Crippen LogP contribution in [0, 0.1) is 5.92 Å². The summed E-state index contributed by atoms with van der Waals surface area (Å²) in [5.74, 6) is 0.806. The second kappa shape index (κ2) is 9.82. The fourth-order valence-electron chi connectivity index (χ4n) is 2.64. The van der Waals surface area contributed by atoms with Crippen LogP contribution in [0.3, 0.4) is 0 Å². The first-order chi connectivity index (χ1) is 8.36. The van der Waals surface area contributed by atoms with E-state index in [1.807, 2.05) is 11.8 Å². The highest BCUT2D eigenvalue weighted by Crippen LogP contribution is 2.15. The van der Waals surface area contributed by atoms with E-state index in [-0.39, 0.29) is 30.7 Å². The zero-order valence-corrected chi connectivity index (χ0v) is 14.9. The van der Waals surface area contributed by atoms with Crippen molar-refractivity contribution >= 4 is 30.7 Å². The van der Waals surface area contributed by atoms with E-state index in [0.29, 0.717) is 5.92 Å². The molecule has 2 N–H and O–H groups in total. The Hall–Kier alpha value is -0.0300. The van der Waals surface area contributed by atoms with Gasteiger partial charge in [0.1, 0.15) is 0 Å². The van der Waals surface area contributed by atoms with Gasteiger partial charge in [0.15, 0.2) is 0 Å². The Labute approximate surface area is 136 Å². The van der Waals surface area contributed by atoms with Crippen LogP contribution in [0.25, 0.3) is 0 Å². The maximum absolute atomic E-state index is 12.3. The Morgan fingerprint density at radius 1 is 1.20 bits per heavy atom. The Morgan fingerprint density at radius 2 is 1.70 bits per heavy atom. The third kappa shape index (κ3) is 6.61. The van der Waals surface area contributed by atoms with E-state index in [2.05, 4.69) is 25.7 Å². The first-order valence-corrected chi connectivity index (χ1v) is 7.17. The third-order valence-electron chi connectivity index (χ3n) is 3.54. The molecular formula is C14H31Cl2N3O. The molecule has 0 bridgehead atoms. The van der Waals surface area contributed by atoms with E-state index in [4.69, 9.17) is 5.73 Å². The van der Waals surface area contributed by atoms with Gasteiger partial charge in [-0.1, -0.05) is 27.2 Å². The standard InChI is InChI=1S/C14H29N3O.2ClH/c1-5-6-14(4,15)13(18)17-9-7-16(8-10-17)11-12(2)3;;/h12H,5-11,15H2,1-4H3;2*1H. The molecule has 1 atom stereocenters. The number of halogens is 2. The summed E-state index contributed by atoms with van der Waals surface area (Å²) >= 11 is 0. The number of piperazine rings is 1. The molecule has 1 amide bonds. The van der Waals surface area contributed by atoms with Crippen molar-refractivity contribution < 1.29 is 4.79 Å². The first kappa shape index (κ1) is 22.3. The monoisotopic (exact) mass is 327 g/mol. The van der Waals surface area contributed by atoms with Gasteiger partial charge in [0.2, 0.25) is 5.91 Å². The van der Waals surface area contributed by atoms with Crippen molar-refractivity contribution in [3.63, 3.8) is 0 Å². The second-order valence-electron chi connectivity index (χ2n) is 6.15. The van der Waals surface area contributed by atoms with E-state index in [9.17, 15) is 4.79 Å². The molecule has 1 heterocycles. The smallest absolute Gasteiger partial charge is 0.242 e. The summed E-state index contributed by atoms with van der Waals surface area (Å²) in [7, 11) is 0. The SMILES string of the molecule is CCCC(C)(N)C(=O)N1CCN(CC(C)C)CC1.Cl.Cl. The topological polar surface area (TPSA) is 49.6 Å². The number of nitrogens with two attached hydrogens (primary N) is 1. The van der Waals surface area contributed by atoms with Gasteiger partial charge in [-0.3, -0.25) is 9.69 Å². The number of nitrogens with zero attached hydrogens (tertiary/aromatic N) is 2. The van der Waals surface area contributed by atoms with E-state index in [0.717, 1.165) is 45.6 Å². The molecule has 4 nitrogen and oxygen atoms in total. The van der Waals surface area contributed by atoms with Crippen molar-refractivity contribution in [2.75, 3.05) is 32.7 Å². The molecule has 1 saturated heterocycles. The van der Waals surface area contributed by atoms with E-state index in [1.165, 1.54) is 0 Å². The summed E-state index contributed by atoms with van der Waals surface area (Å²) in [6.07, 6.45) is 1.71. The molecule has 20 heavy (non-hydrogen) atoms. The molecule has 122 valence electrons. The van der Waals surface area contributed by atoms with E-state index in [1.54, 1.807) is 0 Å². The number of amides is 1. The van der Waals surface area contributed by atoms with Crippen LogP contribution in [-0.4, -0.2) is 54.0 Å². The molecule has 0 aromatic carbocycles. The zero-order chi connectivity index (χ0) is 13.8. The lowest BCUT2D eigenvalue weighted by Crippen LogP contribution is -2.58. The fraction of sp³-hybridized carbons (Fsp3) is 0.929. The Morgan fingerprint density at radius 3 is 2.10 bits per heavy atom. The van der Waals surface area contributed by atoms with Gasteiger partial charge in [0.05, 0.1) is 5.54 Å². The predicted molar refractivity (Wildman–Crippen MR) is 89.9 cm³/mol. The van der Waals surface area contributed by atoms with Crippen LogP contribution in [0.2, 0.25) is 0 Å². The molecule has 0 spiro atoms. The largest absolute Gasteiger partial charge is 0.339 e. The molecular weight excluding hydrogens is 297 g/mol. The van der Waals surface area contributed by atoms with Gasteiger partial charge < -0.3 is 10.6 Å². The molecule has 1 fully saturated rings. The summed E-state index contributed by atoms with van der Waals surface area (Å²) < 4.78 is 0. The molecule has 0 saturated carbocycles. The molecule has 1 aliphatic rings. The lowest BCUT2D eigenvalue weighted by atomic mass is 9.95. The van der Waals surface area contributed by atoms with Crippen LogP contribution >= 0.6 is 24.8 Å². The van der Waals surface area contributed by atoms with Crippen molar-refractivity contribution in [1.29, 1.82) is 0 Å². The number of hydrogen-bond acceptors (Lipinski definition) is 3. The van der Waals surface area contributed by atoms with Crippen molar-refractivity contribution in [2.45, 2.75) is 46.1 Å². The van der Waals surface area contributed by atoms with Crippen LogP contribution in [-0.2, 0) is 4.79 Å². The lowest BCUT2D eigenvalue weighted by molar-refractivity contribution is -0.138. The third-order valence-corrected chi connectivity index (χ3v) is 3.54. The summed E-state index contributed by atoms with van der Waals surface area (Å²) in [6.45, 7) is 13.1. The van der Waals surface area contributed by atoms with Crippen LogP contribution in [0.5, 0.6) is 0 Å². The number of carbonyl (C=O) groups is 1. The fourth-order valence-corrected chi connectivity index (χ4v) is 2.64. The summed E-state index contributed by atoms with van der Waals surface area (Å²) in [5.41, 5.74) is 5.43. The Balaban J connectivity index is 0. The average Bonchev–Trinajstić information content (AvgIpc) is 2.28. The van der Waals surface area contributed by atoms with Crippen LogP contribution < -0.4 is 5.73 Å². The molecule has 0 aromatic rings. The molecule has 0 radical (unpaired) electrons. The Bertz CT molecular complexity index is 278. The summed E-state index contributed by atoms with van der Waals surface area (Å²) in [6, 6.07) is 0. The highest BCUT2D eigenvalue weighted by Gasteiger charge is 2.33. The van der Waals surface area contributed by atoms with Crippen LogP contribution in [0.15, 0.2) is 0 Å². The predicted octanol–water partition coefficient (Wildman–Crippen LogP) is 2.15. The number of hydrogen-bond donors (Lipinski definition) is 1. The van der Waals surface area contributed by atoms with E-state index < -0.39 is 5.54 Å². The lowest BCUT2D eigenvalue weighted by Gasteiger charge is -2.39. The summed E-state index contributed by atoms with van der Waals surface area (Å²) in [4.78, 5) is 16.7. The highest BCUT2D eigenvalue weighted by molar-refractivity contribution is 5.86. The minimum Gasteiger partial charge on any atom is -0.339 e. The van der Waals surface area contributed by atoms with Gasteiger partial charge in [-0.05, 0) is 19.3 Å². The molecule has 0 aromatic heterocycles. The van der Waals surface area contributed by atoms with Gasteiger partial charge in [0.25, 0.3) is 0 Å². The van der Waals surface area contributed by atoms with Crippen LogP contribution in [0.4, 0.5) is 0 Å². The minimum atomic E-state index is -0.686. The highest BCUT2D eigenvalue weighted by atomic mass is 35.5. The number of carbonyl (C=O) groups excluding carboxylic acids is 1. The minimum absolute atomic E-state index is 0. The second-order valence-corrected chi connectivity index (χ2v) is 6.15. The van der Waals surface area contributed by atoms with Crippen LogP contribution in [0.1, 0.15) is 40.5 Å². The van der Waals surface area contributed by atoms with Gasteiger partial charge in [-0.15, -0.1) is 24.8 Å². The molecule has 6 heteroatoms. The van der Waals surface area contributed by atoms with Crippen molar-refractivity contribution in [3.8, 4) is 0 Å². The molecule has 0 aliphatic carbocycles. The first-order valence-electron chi connectivity index (χ1n) is 7.17. The normalized spacial score (nSPS) is 19.0. The van der Waals surface area contributed by atoms with Crippen molar-refractivity contribution in [1.82, 2.24) is 9.80 Å². The maximum Gasteiger partial charge on any atom is 0.242 e. The Kier molecular flexibility index (Phi) is 10.9. The van der Waals surface area contributed by atoms with Crippen molar-refractivity contribution in [2.24, 2.45) is 11.7 Å². The van der Waals surface area contributed by atoms with Gasteiger partial charge in [-0.25, -0.2) is 0 Å².